The molecule has 2 unspecified atom stereocenters. The Morgan fingerprint density at radius 1 is 1.65 bits per heavy atom. The van der Waals surface area contributed by atoms with Gasteiger partial charge in [-0.15, -0.1) is 16.7 Å². The van der Waals surface area contributed by atoms with Crippen LogP contribution in [-0.4, -0.2) is 51.6 Å². The molecule has 1 amide bonds. The number of rotatable bonds is 2. The molecule has 1 aliphatic heterocycles. The van der Waals surface area contributed by atoms with Gasteiger partial charge in [-0.1, -0.05) is 4.49 Å². The standard InChI is InChI=1S/C10H14ClN3O2S/c1-6-4-14(5-8(3-11)16-6)10(15)9-7(2)12-13-17-9/h6,8H,3-5H2,1-2H3. The number of ether oxygens (including phenoxy) is 1. The fourth-order valence-corrected chi connectivity index (χ4v) is 2.66. The molecule has 1 saturated heterocycles. The molecule has 1 aliphatic rings. The first-order chi connectivity index (χ1) is 8.11. The quantitative estimate of drug-likeness (QED) is 0.764. The maximum atomic E-state index is 12.2. The van der Waals surface area contributed by atoms with Gasteiger partial charge in [-0.3, -0.25) is 4.79 Å². The maximum Gasteiger partial charge on any atom is 0.267 e. The van der Waals surface area contributed by atoms with E-state index in [4.69, 9.17) is 16.3 Å². The van der Waals surface area contributed by atoms with Crippen molar-refractivity contribution in [1.29, 1.82) is 0 Å². The van der Waals surface area contributed by atoms with Gasteiger partial charge in [0.25, 0.3) is 5.91 Å². The van der Waals surface area contributed by atoms with E-state index in [0.717, 1.165) is 11.5 Å². The lowest BCUT2D eigenvalue weighted by Gasteiger charge is -2.35. The van der Waals surface area contributed by atoms with E-state index in [9.17, 15) is 4.79 Å². The second kappa shape index (κ2) is 5.29. The summed E-state index contributed by atoms with van der Waals surface area (Å²) in [7, 11) is 0. The van der Waals surface area contributed by atoms with Crippen molar-refractivity contribution in [3.05, 3.63) is 10.6 Å². The molecular formula is C10H14ClN3O2S. The lowest BCUT2D eigenvalue weighted by atomic mass is 10.2. The molecule has 5 nitrogen and oxygen atoms in total. The molecule has 0 radical (unpaired) electrons. The van der Waals surface area contributed by atoms with Gasteiger partial charge in [-0.05, 0) is 25.4 Å². The van der Waals surface area contributed by atoms with E-state index in [2.05, 4.69) is 9.59 Å². The van der Waals surface area contributed by atoms with Crippen molar-refractivity contribution in [1.82, 2.24) is 14.5 Å². The number of halogens is 1. The van der Waals surface area contributed by atoms with Crippen molar-refractivity contribution in [2.75, 3.05) is 19.0 Å². The summed E-state index contributed by atoms with van der Waals surface area (Å²) in [5.74, 6) is 0.372. The monoisotopic (exact) mass is 275 g/mol. The van der Waals surface area contributed by atoms with Crippen LogP contribution in [0.3, 0.4) is 0 Å². The zero-order chi connectivity index (χ0) is 12.4. The van der Waals surface area contributed by atoms with Gasteiger partial charge in [-0.2, -0.15) is 0 Å². The average molecular weight is 276 g/mol. The average Bonchev–Trinajstić information content (AvgIpc) is 2.73. The summed E-state index contributed by atoms with van der Waals surface area (Å²) < 4.78 is 9.39. The Balaban J connectivity index is 2.11. The summed E-state index contributed by atoms with van der Waals surface area (Å²) in [6.07, 6.45) is -0.0804. The number of hydrogen-bond acceptors (Lipinski definition) is 5. The first-order valence-electron chi connectivity index (χ1n) is 5.41. The molecule has 7 heteroatoms. The molecule has 0 N–H and O–H groups in total. The summed E-state index contributed by atoms with van der Waals surface area (Å²) in [5, 5.41) is 3.85. The van der Waals surface area contributed by atoms with Gasteiger partial charge in [0, 0.05) is 13.1 Å². The fraction of sp³-hybridized carbons (Fsp3) is 0.700. The molecule has 1 aromatic rings. The minimum atomic E-state index is -0.0921. The summed E-state index contributed by atoms with van der Waals surface area (Å²) in [4.78, 5) is 14.6. The van der Waals surface area contributed by atoms with Crippen molar-refractivity contribution in [3.63, 3.8) is 0 Å². The lowest BCUT2D eigenvalue weighted by Crippen LogP contribution is -2.49. The largest absolute Gasteiger partial charge is 0.370 e. The van der Waals surface area contributed by atoms with Crippen LogP contribution in [0.1, 0.15) is 22.3 Å². The predicted molar refractivity (Wildman–Crippen MR) is 65.6 cm³/mol. The Morgan fingerprint density at radius 2 is 2.41 bits per heavy atom. The molecule has 0 aromatic carbocycles. The highest BCUT2D eigenvalue weighted by atomic mass is 35.5. The number of carbonyl (C=O) groups excluding carboxylic acids is 1. The number of hydrogen-bond donors (Lipinski definition) is 0. The smallest absolute Gasteiger partial charge is 0.267 e. The van der Waals surface area contributed by atoms with E-state index >= 15 is 0 Å². The molecule has 94 valence electrons. The van der Waals surface area contributed by atoms with Crippen LogP contribution >= 0.6 is 23.1 Å². The number of aryl methyl sites for hydroxylation is 1. The Labute approximate surface area is 109 Å². The van der Waals surface area contributed by atoms with Crippen LogP contribution < -0.4 is 0 Å². The lowest BCUT2D eigenvalue weighted by molar-refractivity contribution is -0.0569. The summed E-state index contributed by atoms with van der Waals surface area (Å²) in [5.41, 5.74) is 0.682. The van der Waals surface area contributed by atoms with Gasteiger partial charge < -0.3 is 9.64 Å². The maximum absolute atomic E-state index is 12.2. The summed E-state index contributed by atoms with van der Waals surface area (Å²) in [6.45, 7) is 4.85. The molecule has 2 rings (SSSR count). The molecule has 17 heavy (non-hydrogen) atoms. The Bertz CT molecular complexity index is 412. The van der Waals surface area contributed by atoms with E-state index in [-0.39, 0.29) is 18.1 Å². The Hall–Kier alpha value is -0.720. The number of amides is 1. The van der Waals surface area contributed by atoms with E-state index < -0.39 is 0 Å². The third-order valence-corrected chi connectivity index (χ3v) is 3.79. The molecule has 1 aromatic heterocycles. The minimum Gasteiger partial charge on any atom is -0.370 e. The van der Waals surface area contributed by atoms with Crippen LogP contribution in [0.25, 0.3) is 0 Å². The molecule has 0 aliphatic carbocycles. The first-order valence-corrected chi connectivity index (χ1v) is 6.72. The number of alkyl halides is 1. The van der Waals surface area contributed by atoms with Gasteiger partial charge in [0.1, 0.15) is 4.88 Å². The SMILES string of the molecule is Cc1nnsc1C(=O)N1CC(C)OC(CCl)C1. The van der Waals surface area contributed by atoms with Gasteiger partial charge >= 0.3 is 0 Å². The number of nitrogens with zero attached hydrogens (tertiary/aromatic N) is 3. The van der Waals surface area contributed by atoms with Crippen molar-refractivity contribution in [3.8, 4) is 0 Å². The van der Waals surface area contributed by atoms with Crippen LogP contribution in [0.4, 0.5) is 0 Å². The van der Waals surface area contributed by atoms with Gasteiger partial charge in [0.05, 0.1) is 23.8 Å². The molecule has 2 heterocycles. The van der Waals surface area contributed by atoms with Crippen LogP contribution in [0.2, 0.25) is 0 Å². The molecule has 0 bridgehead atoms. The van der Waals surface area contributed by atoms with Crippen LogP contribution in [0.15, 0.2) is 0 Å². The number of aromatic nitrogens is 2. The normalized spacial score (nSPS) is 25.0. The van der Waals surface area contributed by atoms with Crippen LogP contribution in [-0.2, 0) is 4.74 Å². The van der Waals surface area contributed by atoms with Gasteiger partial charge in [-0.25, -0.2) is 0 Å². The molecule has 2 atom stereocenters. The first kappa shape index (κ1) is 12.7. The zero-order valence-corrected chi connectivity index (χ0v) is 11.3. The van der Waals surface area contributed by atoms with E-state index in [0.29, 0.717) is 29.5 Å². The second-order valence-electron chi connectivity index (χ2n) is 4.12. The van der Waals surface area contributed by atoms with Crippen LogP contribution in [0.5, 0.6) is 0 Å². The summed E-state index contributed by atoms with van der Waals surface area (Å²) in [6, 6.07) is 0. The summed E-state index contributed by atoms with van der Waals surface area (Å²) >= 11 is 6.92. The van der Waals surface area contributed by atoms with Gasteiger partial charge in [0.2, 0.25) is 0 Å². The molecule has 1 fully saturated rings. The Morgan fingerprint density at radius 3 is 3.00 bits per heavy atom. The van der Waals surface area contributed by atoms with E-state index in [1.54, 1.807) is 11.8 Å². The second-order valence-corrected chi connectivity index (χ2v) is 5.18. The predicted octanol–water partition coefficient (Wildman–Crippen LogP) is 1.31. The third-order valence-electron chi connectivity index (χ3n) is 2.63. The molecule has 0 spiro atoms. The fourth-order valence-electron chi connectivity index (χ4n) is 1.87. The van der Waals surface area contributed by atoms with Crippen molar-refractivity contribution < 1.29 is 9.53 Å². The van der Waals surface area contributed by atoms with Crippen molar-refractivity contribution in [2.24, 2.45) is 0 Å². The van der Waals surface area contributed by atoms with E-state index in [1.165, 1.54) is 0 Å². The minimum absolute atomic E-state index is 0.0117. The Kier molecular flexibility index (Phi) is 3.96. The highest BCUT2D eigenvalue weighted by molar-refractivity contribution is 7.07. The van der Waals surface area contributed by atoms with Gasteiger partial charge in [0.15, 0.2) is 0 Å². The topological polar surface area (TPSA) is 55.3 Å². The highest BCUT2D eigenvalue weighted by Gasteiger charge is 2.30. The van der Waals surface area contributed by atoms with Crippen molar-refractivity contribution >= 4 is 29.0 Å². The number of morpholine rings is 1. The molecule has 0 saturated carbocycles. The van der Waals surface area contributed by atoms with Crippen molar-refractivity contribution in [2.45, 2.75) is 26.1 Å². The van der Waals surface area contributed by atoms with Crippen LogP contribution in [0, 0.1) is 6.92 Å². The van der Waals surface area contributed by atoms with E-state index in [1.807, 2.05) is 6.92 Å². The third kappa shape index (κ3) is 2.75. The molecular weight excluding hydrogens is 262 g/mol. The number of carbonyl (C=O) groups is 1. The highest BCUT2D eigenvalue weighted by Crippen LogP contribution is 2.18. The zero-order valence-electron chi connectivity index (χ0n) is 9.72.